The molecule has 1 amide bonds. The van der Waals surface area contributed by atoms with Gasteiger partial charge in [-0.3, -0.25) is 9.59 Å². The van der Waals surface area contributed by atoms with Crippen LogP contribution in [0.25, 0.3) is 0 Å². The van der Waals surface area contributed by atoms with Crippen LogP contribution in [0.2, 0.25) is 0 Å². The van der Waals surface area contributed by atoms with E-state index in [9.17, 15) is 14.4 Å². The second-order valence-electron chi connectivity index (χ2n) is 4.48. The quantitative estimate of drug-likeness (QED) is 0.575. The van der Waals surface area contributed by atoms with E-state index in [0.717, 1.165) is 12.2 Å². The van der Waals surface area contributed by atoms with E-state index in [1.165, 1.54) is 7.11 Å². The minimum Gasteiger partial charge on any atom is -0.466 e. The number of rotatable bonds is 5. The molecule has 0 saturated heterocycles. The summed E-state index contributed by atoms with van der Waals surface area (Å²) in [7, 11) is 1.22. The third-order valence-electron chi connectivity index (χ3n) is 1.62. The molecule has 0 aromatic carbocycles. The van der Waals surface area contributed by atoms with Crippen molar-refractivity contribution in [2.75, 3.05) is 13.7 Å². The van der Waals surface area contributed by atoms with Gasteiger partial charge in [0.25, 0.3) is 0 Å². The summed E-state index contributed by atoms with van der Waals surface area (Å²) in [5.74, 6) is -1.47. The van der Waals surface area contributed by atoms with Gasteiger partial charge in [-0.05, 0) is 20.8 Å². The number of nitrogens with one attached hydrogen (secondary N) is 1. The van der Waals surface area contributed by atoms with Crippen LogP contribution in [0.1, 0.15) is 27.2 Å². The average molecular weight is 257 g/mol. The molecule has 0 fully saturated rings. The van der Waals surface area contributed by atoms with Crippen molar-refractivity contribution < 1.29 is 23.9 Å². The summed E-state index contributed by atoms with van der Waals surface area (Å²) in [4.78, 5) is 33.2. The molecule has 0 heterocycles. The Balaban J connectivity index is 3.85. The summed E-state index contributed by atoms with van der Waals surface area (Å²) < 4.78 is 9.37. The summed E-state index contributed by atoms with van der Waals surface area (Å²) in [5.41, 5.74) is -0.536. The van der Waals surface area contributed by atoms with Gasteiger partial charge in [-0.2, -0.15) is 0 Å². The molecule has 0 atom stereocenters. The van der Waals surface area contributed by atoms with Gasteiger partial charge in [-0.15, -0.1) is 0 Å². The van der Waals surface area contributed by atoms with Crippen molar-refractivity contribution in [1.29, 1.82) is 0 Å². The molecule has 0 aliphatic carbocycles. The average Bonchev–Trinajstić information content (AvgIpc) is 2.23. The van der Waals surface area contributed by atoms with Gasteiger partial charge in [0.2, 0.25) is 5.91 Å². The maximum Gasteiger partial charge on any atom is 0.330 e. The van der Waals surface area contributed by atoms with Crippen molar-refractivity contribution in [1.82, 2.24) is 5.32 Å². The monoisotopic (exact) mass is 257 g/mol. The van der Waals surface area contributed by atoms with E-state index in [4.69, 9.17) is 4.74 Å². The SMILES string of the molecule is COC(=O)C=CC(=O)NCCC(=O)OC(C)(C)C. The molecule has 0 aliphatic rings. The Morgan fingerprint density at radius 1 is 1.17 bits per heavy atom. The number of hydrogen-bond donors (Lipinski definition) is 1. The van der Waals surface area contributed by atoms with Crippen molar-refractivity contribution in [2.24, 2.45) is 0 Å². The van der Waals surface area contributed by atoms with E-state index in [2.05, 4.69) is 10.1 Å². The predicted octanol–water partition coefficient (Wildman–Crippen LogP) is 0.564. The number of ether oxygens (including phenoxy) is 2. The van der Waals surface area contributed by atoms with Crippen LogP contribution in [0, 0.1) is 0 Å². The van der Waals surface area contributed by atoms with Crippen LogP contribution >= 0.6 is 0 Å². The highest BCUT2D eigenvalue weighted by atomic mass is 16.6. The first-order chi connectivity index (χ1) is 8.24. The Kier molecular flexibility index (Phi) is 6.70. The first-order valence-electron chi connectivity index (χ1n) is 5.50. The molecular formula is C12H19NO5. The van der Waals surface area contributed by atoms with Crippen LogP contribution in [-0.2, 0) is 23.9 Å². The fourth-order valence-electron chi connectivity index (χ4n) is 0.951. The van der Waals surface area contributed by atoms with Gasteiger partial charge >= 0.3 is 11.9 Å². The number of methoxy groups -OCH3 is 1. The zero-order valence-electron chi connectivity index (χ0n) is 11.1. The molecule has 0 unspecified atom stereocenters. The van der Waals surface area contributed by atoms with E-state index in [-0.39, 0.29) is 18.9 Å². The standard InChI is InChI=1S/C12H19NO5/c1-12(2,3)18-11(16)7-8-13-9(14)5-6-10(15)17-4/h5-6H,7-8H2,1-4H3,(H,13,14). The first-order valence-corrected chi connectivity index (χ1v) is 5.50. The number of esters is 2. The smallest absolute Gasteiger partial charge is 0.330 e. The van der Waals surface area contributed by atoms with Crippen molar-refractivity contribution in [3.05, 3.63) is 12.2 Å². The lowest BCUT2D eigenvalue weighted by molar-refractivity contribution is -0.154. The van der Waals surface area contributed by atoms with Crippen molar-refractivity contribution >= 4 is 17.8 Å². The predicted molar refractivity (Wildman–Crippen MR) is 64.6 cm³/mol. The van der Waals surface area contributed by atoms with Crippen LogP contribution in [0.3, 0.4) is 0 Å². The zero-order valence-corrected chi connectivity index (χ0v) is 11.1. The molecule has 6 nitrogen and oxygen atoms in total. The second kappa shape index (κ2) is 7.47. The van der Waals surface area contributed by atoms with E-state index < -0.39 is 17.5 Å². The number of hydrogen-bond acceptors (Lipinski definition) is 5. The van der Waals surface area contributed by atoms with Gasteiger partial charge < -0.3 is 14.8 Å². The number of carbonyl (C=O) groups is 3. The fraction of sp³-hybridized carbons (Fsp3) is 0.583. The van der Waals surface area contributed by atoms with E-state index in [1.807, 2.05) is 0 Å². The summed E-state index contributed by atoms with van der Waals surface area (Å²) in [6.45, 7) is 5.45. The highest BCUT2D eigenvalue weighted by Crippen LogP contribution is 2.07. The van der Waals surface area contributed by atoms with Crippen LogP contribution in [0.15, 0.2) is 12.2 Å². The van der Waals surface area contributed by atoms with Crippen LogP contribution in [0.4, 0.5) is 0 Å². The maximum atomic E-state index is 11.3. The Bertz CT molecular complexity index is 341. The lowest BCUT2D eigenvalue weighted by atomic mass is 10.2. The van der Waals surface area contributed by atoms with Crippen molar-refractivity contribution in [2.45, 2.75) is 32.8 Å². The van der Waals surface area contributed by atoms with Crippen LogP contribution < -0.4 is 5.32 Å². The molecule has 0 aliphatic heterocycles. The fourth-order valence-corrected chi connectivity index (χ4v) is 0.951. The molecular weight excluding hydrogens is 238 g/mol. The summed E-state index contributed by atoms with van der Waals surface area (Å²) in [5, 5.41) is 2.44. The van der Waals surface area contributed by atoms with Gasteiger partial charge in [-0.1, -0.05) is 0 Å². The summed E-state index contributed by atoms with van der Waals surface area (Å²) in [6, 6.07) is 0. The molecule has 102 valence electrons. The maximum absolute atomic E-state index is 11.3. The van der Waals surface area contributed by atoms with Gasteiger partial charge in [-0.25, -0.2) is 4.79 Å². The molecule has 0 rings (SSSR count). The zero-order chi connectivity index (χ0) is 14.2. The molecule has 0 radical (unpaired) electrons. The van der Waals surface area contributed by atoms with Gasteiger partial charge in [0.1, 0.15) is 5.60 Å². The van der Waals surface area contributed by atoms with Crippen molar-refractivity contribution in [3.63, 3.8) is 0 Å². The van der Waals surface area contributed by atoms with E-state index in [0.29, 0.717) is 0 Å². The highest BCUT2D eigenvalue weighted by Gasteiger charge is 2.15. The third kappa shape index (κ3) is 9.38. The van der Waals surface area contributed by atoms with E-state index in [1.54, 1.807) is 20.8 Å². The molecule has 0 aromatic rings. The number of carbonyl (C=O) groups excluding carboxylic acids is 3. The number of amides is 1. The lowest BCUT2D eigenvalue weighted by Crippen LogP contribution is -2.28. The minimum atomic E-state index is -0.614. The lowest BCUT2D eigenvalue weighted by Gasteiger charge is -2.19. The topological polar surface area (TPSA) is 81.7 Å². The molecule has 0 saturated carbocycles. The molecule has 0 spiro atoms. The molecule has 6 heteroatoms. The van der Waals surface area contributed by atoms with Crippen LogP contribution in [0.5, 0.6) is 0 Å². The van der Waals surface area contributed by atoms with Gasteiger partial charge in [0, 0.05) is 18.7 Å². The second-order valence-corrected chi connectivity index (χ2v) is 4.48. The molecule has 0 aromatic heterocycles. The Morgan fingerprint density at radius 2 is 1.78 bits per heavy atom. The molecule has 0 bridgehead atoms. The Labute approximate surface area is 106 Å². The van der Waals surface area contributed by atoms with E-state index >= 15 is 0 Å². The van der Waals surface area contributed by atoms with Crippen LogP contribution in [-0.4, -0.2) is 37.1 Å². The first kappa shape index (κ1) is 16.1. The largest absolute Gasteiger partial charge is 0.466 e. The molecule has 1 N–H and O–H groups in total. The Morgan fingerprint density at radius 3 is 2.28 bits per heavy atom. The normalized spacial score (nSPS) is 11.1. The molecule has 18 heavy (non-hydrogen) atoms. The third-order valence-corrected chi connectivity index (χ3v) is 1.62. The van der Waals surface area contributed by atoms with Gasteiger partial charge in [0.05, 0.1) is 13.5 Å². The highest BCUT2D eigenvalue weighted by molar-refractivity contribution is 5.94. The Hall–Kier alpha value is -1.85. The summed E-state index contributed by atoms with van der Waals surface area (Å²) in [6.07, 6.45) is 2.12. The van der Waals surface area contributed by atoms with Gasteiger partial charge in [0.15, 0.2) is 0 Å². The minimum absolute atomic E-state index is 0.0784. The van der Waals surface area contributed by atoms with Crippen molar-refractivity contribution in [3.8, 4) is 0 Å². The summed E-state index contributed by atoms with van der Waals surface area (Å²) >= 11 is 0.